The summed E-state index contributed by atoms with van der Waals surface area (Å²) in [6.45, 7) is 1.01. The molecule has 0 fully saturated rings. The predicted octanol–water partition coefficient (Wildman–Crippen LogP) is 6.84. The summed E-state index contributed by atoms with van der Waals surface area (Å²) in [6, 6.07) is 20.8. The van der Waals surface area contributed by atoms with Gasteiger partial charge < -0.3 is 10.1 Å². The lowest BCUT2D eigenvalue weighted by atomic mass is 10.2. The Labute approximate surface area is 162 Å². The molecule has 0 radical (unpaired) electrons. The summed E-state index contributed by atoms with van der Waals surface area (Å²) in [5.74, 6) is 0.777. The third-order valence-electron chi connectivity index (χ3n) is 3.67. The van der Waals surface area contributed by atoms with Gasteiger partial charge in [0, 0.05) is 22.2 Å². The molecule has 0 aromatic heterocycles. The number of hydrogen-bond acceptors (Lipinski definition) is 2. The van der Waals surface area contributed by atoms with Crippen LogP contribution in [-0.4, -0.2) is 0 Å². The summed E-state index contributed by atoms with van der Waals surface area (Å²) in [4.78, 5) is 0. The molecule has 0 amide bonds. The van der Waals surface area contributed by atoms with Crippen LogP contribution in [0.5, 0.6) is 5.75 Å². The molecule has 3 aromatic rings. The summed E-state index contributed by atoms with van der Waals surface area (Å²) in [5, 5.41) is 5.36. The zero-order valence-corrected chi connectivity index (χ0v) is 15.6. The molecule has 0 spiro atoms. The fraction of sp³-hybridized carbons (Fsp3) is 0.100. The van der Waals surface area contributed by atoms with E-state index in [9.17, 15) is 0 Å². The zero-order valence-electron chi connectivity index (χ0n) is 13.3. The Kier molecular flexibility index (Phi) is 6.09. The van der Waals surface area contributed by atoms with Gasteiger partial charge in [0.25, 0.3) is 0 Å². The van der Waals surface area contributed by atoms with E-state index in [4.69, 9.17) is 39.5 Å². The number of rotatable bonds is 6. The van der Waals surface area contributed by atoms with Crippen molar-refractivity contribution in [2.45, 2.75) is 13.2 Å². The van der Waals surface area contributed by atoms with E-state index in [0.29, 0.717) is 28.2 Å². The van der Waals surface area contributed by atoms with Crippen LogP contribution in [0.4, 0.5) is 5.69 Å². The van der Waals surface area contributed by atoms with Crippen molar-refractivity contribution >= 4 is 40.5 Å². The number of anilines is 1. The van der Waals surface area contributed by atoms with Crippen molar-refractivity contribution in [3.05, 3.63) is 92.9 Å². The molecule has 0 aliphatic carbocycles. The monoisotopic (exact) mass is 391 g/mol. The van der Waals surface area contributed by atoms with E-state index >= 15 is 0 Å². The lowest BCUT2D eigenvalue weighted by molar-refractivity contribution is 0.303. The van der Waals surface area contributed by atoms with Crippen LogP contribution in [-0.2, 0) is 13.2 Å². The molecule has 0 aliphatic heterocycles. The number of halogens is 3. The van der Waals surface area contributed by atoms with Gasteiger partial charge in [-0.15, -0.1) is 0 Å². The second-order valence-corrected chi connectivity index (χ2v) is 6.78. The smallest absolute Gasteiger partial charge is 0.124 e. The number of nitrogens with one attached hydrogen (secondary N) is 1. The van der Waals surface area contributed by atoms with E-state index in [-0.39, 0.29) is 0 Å². The highest BCUT2D eigenvalue weighted by Gasteiger charge is 2.07. The molecule has 0 heterocycles. The maximum Gasteiger partial charge on any atom is 0.124 e. The molecule has 3 aromatic carbocycles. The average molecular weight is 393 g/mol. The quantitative estimate of drug-likeness (QED) is 0.496. The topological polar surface area (TPSA) is 21.3 Å². The van der Waals surface area contributed by atoms with Gasteiger partial charge in [0.05, 0.1) is 10.7 Å². The second kappa shape index (κ2) is 8.48. The Morgan fingerprint density at radius 3 is 2.28 bits per heavy atom. The molecule has 25 heavy (non-hydrogen) atoms. The van der Waals surface area contributed by atoms with Gasteiger partial charge in [0.1, 0.15) is 12.4 Å². The van der Waals surface area contributed by atoms with Gasteiger partial charge in [-0.25, -0.2) is 0 Å². The normalized spacial score (nSPS) is 10.5. The van der Waals surface area contributed by atoms with Crippen molar-refractivity contribution in [2.24, 2.45) is 0 Å². The molecule has 2 nitrogen and oxygen atoms in total. The fourth-order valence-electron chi connectivity index (χ4n) is 2.36. The van der Waals surface area contributed by atoms with Crippen molar-refractivity contribution in [1.29, 1.82) is 0 Å². The summed E-state index contributed by atoms with van der Waals surface area (Å²) in [7, 11) is 0. The van der Waals surface area contributed by atoms with Crippen molar-refractivity contribution in [1.82, 2.24) is 0 Å². The number of hydrogen-bond donors (Lipinski definition) is 1. The molecule has 0 bridgehead atoms. The van der Waals surface area contributed by atoms with Gasteiger partial charge in [0.15, 0.2) is 0 Å². The minimum absolute atomic E-state index is 0.456. The lowest BCUT2D eigenvalue weighted by Crippen LogP contribution is -2.04. The first-order valence-corrected chi connectivity index (χ1v) is 8.89. The van der Waals surface area contributed by atoms with Gasteiger partial charge in [-0.1, -0.05) is 59.1 Å². The zero-order chi connectivity index (χ0) is 17.6. The standard InChI is InChI=1S/C20H16Cl3NO/c21-16-7-5-14(6-8-16)13-25-20-10-9-17(22)11-15(20)12-24-19-4-2-1-3-18(19)23/h1-11,24H,12-13H2. The fourth-order valence-corrected chi connectivity index (χ4v) is 2.89. The Balaban J connectivity index is 1.71. The average Bonchev–Trinajstić information content (AvgIpc) is 2.61. The van der Waals surface area contributed by atoms with E-state index in [2.05, 4.69) is 5.32 Å². The van der Waals surface area contributed by atoms with E-state index in [1.165, 1.54) is 0 Å². The molecule has 0 aliphatic rings. The van der Waals surface area contributed by atoms with Crippen molar-refractivity contribution < 1.29 is 4.74 Å². The molecule has 128 valence electrons. The van der Waals surface area contributed by atoms with E-state index in [1.54, 1.807) is 0 Å². The predicted molar refractivity (Wildman–Crippen MR) is 106 cm³/mol. The first-order valence-electron chi connectivity index (χ1n) is 7.76. The van der Waals surface area contributed by atoms with Gasteiger partial charge in [0.2, 0.25) is 0 Å². The number of ether oxygens (including phenoxy) is 1. The lowest BCUT2D eigenvalue weighted by Gasteiger charge is -2.14. The highest BCUT2D eigenvalue weighted by Crippen LogP contribution is 2.27. The maximum absolute atomic E-state index is 6.18. The number of para-hydroxylation sites is 1. The SMILES string of the molecule is Clc1ccc(COc2ccc(Cl)cc2CNc2ccccc2Cl)cc1. The Morgan fingerprint density at radius 1 is 0.800 bits per heavy atom. The van der Waals surface area contributed by atoms with E-state index in [1.807, 2.05) is 66.7 Å². The van der Waals surface area contributed by atoms with Crippen LogP contribution in [0.1, 0.15) is 11.1 Å². The van der Waals surface area contributed by atoms with Crippen molar-refractivity contribution in [2.75, 3.05) is 5.32 Å². The van der Waals surface area contributed by atoms with E-state index < -0.39 is 0 Å². The summed E-state index contributed by atoms with van der Waals surface area (Å²) < 4.78 is 5.96. The van der Waals surface area contributed by atoms with E-state index in [0.717, 1.165) is 22.6 Å². The molecule has 5 heteroatoms. The minimum Gasteiger partial charge on any atom is -0.489 e. The van der Waals surface area contributed by atoms with Gasteiger partial charge in [-0.05, 0) is 48.0 Å². The summed E-state index contributed by atoms with van der Waals surface area (Å²) >= 11 is 18.2. The second-order valence-electron chi connectivity index (χ2n) is 5.50. The maximum atomic E-state index is 6.18. The van der Waals surface area contributed by atoms with Crippen molar-refractivity contribution in [3.8, 4) is 5.75 Å². The highest BCUT2D eigenvalue weighted by atomic mass is 35.5. The first-order chi connectivity index (χ1) is 12.1. The molecular weight excluding hydrogens is 377 g/mol. The molecular formula is C20H16Cl3NO. The van der Waals surface area contributed by atoms with Crippen LogP contribution in [0.2, 0.25) is 15.1 Å². The van der Waals surface area contributed by atoms with Crippen LogP contribution >= 0.6 is 34.8 Å². The highest BCUT2D eigenvalue weighted by molar-refractivity contribution is 6.33. The molecule has 0 saturated carbocycles. The van der Waals surface area contributed by atoms with Crippen LogP contribution in [0.25, 0.3) is 0 Å². The third kappa shape index (κ3) is 5.05. The van der Waals surface area contributed by atoms with Crippen LogP contribution in [0.3, 0.4) is 0 Å². The van der Waals surface area contributed by atoms with Gasteiger partial charge in [-0.3, -0.25) is 0 Å². The Morgan fingerprint density at radius 2 is 1.52 bits per heavy atom. The summed E-state index contributed by atoms with van der Waals surface area (Å²) in [5.41, 5.74) is 2.87. The van der Waals surface area contributed by atoms with Crippen molar-refractivity contribution in [3.63, 3.8) is 0 Å². The van der Waals surface area contributed by atoms with Crippen LogP contribution in [0.15, 0.2) is 66.7 Å². The first kappa shape index (κ1) is 17.9. The molecule has 0 saturated heterocycles. The molecule has 0 unspecified atom stereocenters. The largest absolute Gasteiger partial charge is 0.489 e. The molecule has 3 rings (SSSR count). The molecule has 0 atom stereocenters. The Hall–Kier alpha value is -1.87. The van der Waals surface area contributed by atoms with Gasteiger partial charge in [-0.2, -0.15) is 0 Å². The third-order valence-corrected chi connectivity index (χ3v) is 4.49. The van der Waals surface area contributed by atoms with Gasteiger partial charge >= 0.3 is 0 Å². The summed E-state index contributed by atoms with van der Waals surface area (Å²) in [6.07, 6.45) is 0. The minimum atomic E-state index is 0.456. The number of benzene rings is 3. The van der Waals surface area contributed by atoms with Crippen LogP contribution in [0, 0.1) is 0 Å². The van der Waals surface area contributed by atoms with Crippen LogP contribution < -0.4 is 10.1 Å². The molecule has 1 N–H and O–H groups in total. The Bertz CT molecular complexity index is 850.